The molecule has 162 valence electrons. The van der Waals surface area contributed by atoms with Crippen LogP contribution in [0.1, 0.15) is 11.1 Å². The van der Waals surface area contributed by atoms with Crippen LogP contribution in [-0.2, 0) is 20.7 Å². The molecule has 0 saturated carbocycles. The van der Waals surface area contributed by atoms with Crippen LogP contribution in [0.25, 0.3) is 10.8 Å². The van der Waals surface area contributed by atoms with Gasteiger partial charge in [0.15, 0.2) is 0 Å². The molecule has 6 nitrogen and oxygen atoms in total. The lowest BCUT2D eigenvalue weighted by atomic mass is 10.0. The van der Waals surface area contributed by atoms with E-state index in [4.69, 9.17) is 14.7 Å². The molecule has 0 fully saturated rings. The molecule has 0 bridgehead atoms. The number of hydrogen-bond acceptors (Lipinski definition) is 6. The molecule has 0 spiro atoms. The first-order valence-corrected chi connectivity index (χ1v) is 11.4. The van der Waals surface area contributed by atoms with Crippen molar-refractivity contribution in [2.24, 2.45) is 0 Å². The number of allylic oxidation sites excluding steroid dienone is 2. The van der Waals surface area contributed by atoms with Crippen molar-refractivity contribution >= 4 is 26.6 Å². The van der Waals surface area contributed by atoms with E-state index in [0.29, 0.717) is 13.0 Å². The number of rotatable bonds is 8. The molecule has 0 unspecified atom stereocenters. The molecule has 3 aromatic rings. The molecule has 0 atom stereocenters. The van der Waals surface area contributed by atoms with Gasteiger partial charge in [0.25, 0.3) is 10.1 Å². The van der Waals surface area contributed by atoms with Gasteiger partial charge in [-0.25, -0.2) is 0 Å². The summed E-state index contributed by atoms with van der Waals surface area (Å²) in [5, 5.41) is 19.8. The monoisotopic (exact) mass is 445 g/mol. The predicted octanol–water partition coefficient (Wildman–Crippen LogP) is 4.51. The quantitative estimate of drug-likeness (QED) is 0.374. The minimum absolute atomic E-state index is 0.0378. The third-order valence-electron chi connectivity index (χ3n) is 5.09. The highest BCUT2D eigenvalue weighted by Gasteiger charge is 2.15. The zero-order valence-corrected chi connectivity index (χ0v) is 18.8. The van der Waals surface area contributed by atoms with Crippen molar-refractivity contribution in [1.29, 1.82) is 10.5 Å². The fraction of sp³-hybridized carbons (Fsp3) is 0.200. The average molecular weight is 446 g/mol. The number of anilines is 1. The van der Waals surface area contributed by atoms with Crippen LogP contribution < -0.4 is 4.90 Å². The van der Waals surface area contributed by atoms with E-state index in [1.54, 1.807) is 30.3 Å². The number of fused-ring (bicyclic) bond motifs is 1. The van der Waals surface area contributed by atoms with Crippen LogP contribution in [0.3, 0.4) is 0 Å². The summed E-state index contributed by atoms with van der Waals surface area (Å²) < 4.78 is 29.8. The maximum atomic E-state index is 12.3. The van der Waals surface area contributed by atoms with Crippen molar-refractivity contribution in [3.8, 4) is 12.1 Å². The second kappa shape index (κ2) is 10.1. The van der Waals surface area contributed by atoms with E-state index in [-0.39, 0.29) is 17.1 Å². The topological polar surface area (TPSA) is 94.2 Å². The Morgan fingerprint density at radius 1 is 1.00 bits per heavy atom. The molecule has 0 radical (unpaired) electrons. The number of hydrogen-bond donors (Lipinski definition) is 0. The van der Waals surface area contributed by atoms with Gasteiger partial charge in [0.2, 0.25) is 0 Å². The lowest BCUT2D eigenvalue weighted by Crippen LogP contribution is -2.24. The number of aryl methyl sites for hydroxylation is 1. The third-order valence-corrected chi connectivity index (χ3v) is 6.41. The van der Waals surface area contributed by atoms with E-state index >= 15 is 0 Å². The maximum Gasteiger partial charge on any atom is 0.297 e. The first-order valence-electron chi connectivity index (χ1n) is 10.0. The lowest BCUT2D eigenvalue weighted by Gasteiger charge is -2.20. The molecule has 0 saturated heterocycles. The molecule has 3 aromatic carbocycles. The molecule has 0 amide bonds. The van der Waals surface area contributed by atoms with Gasteiger partial charge in [-0.2, -0.15) is 18.9 Å². The molecule has 0 aliphatic heterocycles. The minimum atomic E-state index is -3.78. The molecular formula is C25H23N3O3S. The molecule has 0 aromatic heterocycles. The van der Waals surface area contributed by atoms with Gasteiger partial charge >= 0.3 is 0 Å². The van der Waals surface area contributed by atoms with Gasteiger partial charge in [-0.15, -0.1) is 0 Å². The van der Waals surface area contributed by atoms with Crippen LogP contribution >= 0.6 is 0 Å². The minimum Gasteiger partial charge on any atom is -0.372 e. The highest BCUT2D eigenvalue weighted by Crippen LogP contribution is 2.23. The highest BCUT2D eigenvalue weighted by molar-refractivity contribution is 7.86. The Kier molecular flexibility index (Phi) is 7.27. The van der Waals surface area contributed by atoms with Crippen LogP contribution in [0, 0.1) is 29.6 Å². The van der Waals surface area contributed by atoms with Crippen LogP contribution in [0.5, 0.6) is 0 Å². The highest BCUT2D eigenvalue weighted by atomic mass is 32.2. The second-order valence-corrected chi connectivity index (χ2v) is 9.04. The van der Waals surface area contributed by atoms with Crippen molar-refractivity contribution in [3.05, 3.63) is 83.4 Å². The van der Waals surface area contributed by atoms with E-state index in [0.717, 1.165) is 27.6 Å². The van der Waals surface area contributed by atoms with Gasteiger partial charge in [0.1, 0.15) is 17.7 Å². The Hall–Kier alpha value is -3.65. The first kappa shape index (κ1) is 23.0. The molecule has 7 heteroatoms. The Bertz CT molecular complexity index is 1320. The standard InChI is InChI=1S/C25H23N3O3S/c1-19-3-11-25(12-4-19)32(29,30)31-14-13-28(2)24-10-9-22-15-20(7-8-23(22)16-24)5-6-21(17-26)18-27/h3-4,6-12,15-16H,5,13-14H2,1-2H3. The fourth-order valence-electron chi connectivity index (χ4n) is 3.17. The summed E-state index contributed by atoms with van der Waals surface area (Å²) in [4.78, 5) is 2.09. The Balaban J connectivity index is 1.64. The van der Waals surface area contributed by atoms with E-state index in [1.807, 2.05) is 67.4 Å². The van der Waals surface area contributed by atoms with E-state index in [9.17, 15) is 8.42 Å². The van der Waals surface area contributed by atoms with Crippen LogP contribution in [0.15, 0.2) is 77.2 Å². The van der Waals surface area contributed by atoms with Crippen molar-refractivity contribution in [1.82, 2.24) is 0 Å². The zero-order valence-electron chi connectivity index (χ0n) is 17.9. The van der Waals surface area contributed by atoms with Crippen LogP contribution in [0.4, 0.5) is 5.69 Å². The summed E-state index contributed by atoms with van der Waals surface area (Å²) in [5.74, 6) is 0. The van der Waals surface area contributed by atoms with Crippen molar-refractivity contribution in [2.75, 3.05) is 25.1 Å². The molecule has 0 aliphatic carbocycles. The van der Waals surface area contributed by atoms with E-state index in [2.05, 4.69) is 0 Å². The van der Waals surface area contributed by atoms with E-state index in [1.165, 1.54) is 0 Å². The lowest BCUT2D eigenvalue weighted by molar-refractivity contribution is 0.325. The number of nitrogens with zero attached hydrogens (tertiary/aromatic N) is 3. The second-order valence-electron chi connectivity index (χ2n) is 7.42. The van der Waals surface area contributed by atoms with Gasteiger partial charge in [-0.05, 0) is 53.9 Å². The van der Waals surface area contributed by atoms with Gasteiger partial charge < -0.3 is 4.90 Å². The largest absolute Gasteiger partial charge is 0.372 e. The number of likely N-dealkylation sites (N-methyl/N-ethyl adjacent to an activating group) is 1. The van der Waals surface area contributed by atoms with Gasteiger partial charge in [0, 0.05) is 19.3 Å². The maximum absolute atomic E-state index is 12.3. The molecular weight excluding hydrogens is 422 g/mol. The Morgan fingerprint density at radius 3 is 2.34 bits per heavy atom. The molecule has 3 rings (SSSR count). The van der Waals surface area contributed by atoms with Crippen LogP contribution in [0.2, 0.25) is 0 Å². The normalized spacial score (nSPS) is 10.9. The summed E-state index contributed by atoms with van der Waals surface area (Å²) in [6.45, 7) is 2.34. The molecule has 0 aliphatic rings. The van der Waals surface area contributed by atoms with E-state index < -0.39 is 10.1 Å². The van der Waals surface area contributed by atoms with Crippen molar-refractivity contribution in [3.63, 3.8) is 0 Å². The van der Waals surface area contributed by atoms with Crippen molar-refractivity contribution < 1.29 is 12.6 Å². The fourth-order valence-corrected chi connectivity index (χ4v) is 4.07. The summed E-state index contributed by atoms with van der Waals surface area (Å²) >= 11 is 0. The SMILES string of the molecule is Cc1ccc(S(=O)(=O)OCCN(C)c2ccc3cc(CC=C(C#N)C#N)ccc3c2)cc1. The van der Waals surface area contributed by atoms with Crippen molar-refractivity contribution in [2.45, 2.75) is 18.2 Å². The summed E-state index contributed by atoms with van der Waals surface area (Å²) in [7, 11) is -1.90. The van der Waals surface area contributed by atoms with Crippen LogP contribution in [-0.4, -0.2) is 28.6 Å². The van der Waals surface area contributed by atoms with Gasteiger partial charge in [-0.1, -0.05) is 48.0 Å². The van der Waals surface area contributed by atoms with Gasteiger partial charge in [0.05, 0.1) is 11.5 Å². The Labute approximate surface area is 188 Å². The molecule has 0 N–H and O–H groups in total. The molecule has 32 heavy (non-hydrogen) atoms. The Morgan fingerprint density at radius 2 is 1.66 bits per heavy atom. The number of nitriles is 2. The number of benzene rings is 3. The molecule has 0 heterocycles. The third kappa shape index (κ3) is 5.73. The predicted molar refractivity (Wildman–Crippen MR) is 125 cm³/mol. The van der Waals surface area contributed by atoms with Gasteiger partial charge in [-0.3, -0.25) is 4.18 Å². The summed E-state index contributed by atoms with van der Waals surface area (Å²) in [6.07, 6.45) is 2.13. The first-order chi connectivity index (χ1) is 15.3. The smallest absolute Gasteiger partial charge is 0.297 e. The summed E-state index contributed by atoms with van der Waals surface area (Å²) in [6, 6.07) is 22.3. The zero-order chi connectivity index (χ0) is 23.1. The average Bonchev–Trinajstić information content (AvgIpc) is 2.79. The summed E-state index contributed by atoms with van der Waals surface area (Å²) in [5.41, 5.74) is 3.04.